The van der Waals surface area contributed by atoms with E-state index in [0.717, 1.165) is 17.5 Å². The molecule has 1 atom stereocenters. The van der Waals surface area contributed by atoms with E-state index in [4.69, 9.17) is 10.8 Å². The highest BCUT2D eigenvalue weighted by Crippen LogP contribution is 2.20. The summed E-state index contributed by atoms with van der Waals surface area (Å²) in [5, 5.41) is 8.95. The van der Waals surface area contributed by atoms with Crippen LogP contribution in [0.15, 0.2) is 18.2 Å². The van der Waals surface area contributed by atoms with Gasteiger partial charge in [-0.15, -0.1) is 0 Å². The van der Waals surface area contributed by atoms with Gasteiger partial charge in [0.15, 0.2) is 0 Å². The second-order valence-electron chi connectivity index (χ2n) is 4.59. The summed E-state index contributed by atoms with van der Waals surface area (Å²) < 4.78 is 0. The summed E-state index contributed by atoms with van der Waals surface area (Å²) in [5.74, 6) is -1.05. The van der Waals surface area contributed by atoms with Crippen molar-refractivity contribution in [2.45, 2.75) is 25.9 Å². The molecule has 1 heterocycles. The Kier molecular flexibility index (Phi) is 3.34. The van der Waals surface area contributed by atoms with Gasteiger partial charge < -0.3 is 15.7 Å². The van der Waals surface area contributed by atoms with Crippen LogP contribution in [0.1, 0.15) is 28.4 Å². The van der Waals surface area contributed by atoms with Crippen molar-refractivity contribution < 1.29 is 14.7 Å². The molecule has 2 rings (SSSR count). The first-order valence-corrected chi connectivity index (χ1v) is 5.88. The van der Waals surface area contributed by atoms with Crippen molar-refractivity contribution in [3.8, 4) is 0 Å². The fraction of sp³-hybridized carbons (Fsp3) is 0.385. The quantitative estimate of drug-likeness (QED) is 0.803. The zero-order chi connectivity index (χ0) is 13.3. The van der Waals surface area contributed by atoms with Crippen LogP contribution in [0.3, 0.4) is 0 Å². The highest BCUT2D eigenvalue weighted by Gasteiger charge is 2.23. The molecule has 5 heteroatoms. The maximum absolute atomic E-state index is 11.8. The van der Waals surface area contributed by atoms with Crippen LogP contribution in [0.4, 0.5) is 0 Å². The van der Waals surface area contributed by atoms with Gasteiger partial charge in [-0.2, -0.15) is 0 Å². The number of rotatable bonds is 2. The summed E-state index contributed by atoms with van der Waals surface area (Å²) in [4.78, 5) is 24.4. The number of nitrogens with two attached hydrogens (primary N) is 1. The number of carbonyl (C=O) groups is 2. The van der Waals surface area contributed by atoms with Crippen molar-refractivity contribution in [3.63, 3.8) is 0 Å². The number of hydrogen-bond acceptors (Lipinski definition) is 3. The average Bonchev–Trinajstić information content (AvgIpc) is 2.36. The molecule has 96 valence electrons. The van der Waals surface area contributed by atoms with Crippen molar-refractivity contribution in [1.82, 2.24) is 4.90 Å². The van der Waals surface area contributed by atoms with E-state index in [0.29, 0.717) is 13.1 Å². The molecule has 0 saturated heterocycles. The summed E-state index contributed by atoms with van der Waals surface area (Å²) >= 11 is 0. The van der Waals surface area contributed by atoms with Crippen LogP contribution in [0.2, 0.25) is 0 Å². The second kappa shape index (κ2) is 4.78. The lowest BCUT2D eigenvalue weighted by atomic mass is 9.97. The summed E-state index contributed by atoms with van der Waals surface area (Å²) in [7, 11) is 0. The standard InChI is InChI=1S/C13H16N2O3/c1-8(14)12(16)15-5-4-9-2-3-10(13(17)18)6-11(9)7-15/h2-3,6,8H,4-5,7,14H2,1H3,(H,17,18)/t8-/m1/s1. The SMILES string of the molecule is C[C@@H](N)C(=O)N1CCc2ccc(C(=O)O)cc2C1. The van der Waals surface area contributed by atoms with Gasteiger partial charge in [-0.05, 0) is 36.6 Å². The predicted molar refractivity (Wildman–Crippen MR) is 66.2 cm³/mol. The van der Waals surface area contributed by atoms with E-state index in [1.807, 2.05) is 6.07 Å². The molecule has 3 N–H and O–H groups in total. The van der Waals surface area contributed by atoms with Crippen LogP contribution in [0.5, 0.6) is 0 Å². The molecule has 0 unspecified atom stereocenters. The molecule has 0 fully saturated rings. The Bertz CT molecular complexity index is 497. The molecule has 1 amide bonds. The summed E-state index contributed by atoms with van der Waals surface area (Å²) in [6.45, 7) is 2.74. The molecule has 1 aliphatic heterocycles. The second-order valence-corrected chi connectivity index (χ2v) is 4.59. The summed E-state index contributed by atoms with van der Waals surface area (Å²) in [5.41, 5.74) is 7.84. The molecule has 0 aliphatic carbocycles. The fourth-order valence-electron chi connectivity index (χ4n) is 2.17. The molecular formula is C13H16N2O3. The van der Waals surface area contributed by atoms with Gasteiger partial charge in [0.25, 0.3) is 0 Å². The van der Waals surface area contributed by atoms with E-state index in [2.05, 4.69) is 0 Å². The maximum atomic E-state index is 11.8. The molecule has 0 saturated carbocycles. The Labute approximate surface area is 105 Å². The number of benzene rings is 1. The Morgan fingerprint density at radius 1 is 1.39 bits per heavy atom. The van der Waals surface area contributed by atoms with Gasteiger partial charge in [-0.1, -0.05) is 6.07 Å². The lowest BCUT2D eigenvalue weighted by Gasteiger charge is -2.30. The lowest BCUT2D eigenvalue weighted by Crippen LogP contribution is -2.44. The normalized spacial score (nSPS) is 16.0. The van der Waals surface area contributed by atoms with E-state index < -0.39 is 12.0 Å². The number of carboxylic acids is 1. The zero-order valence-electron chi connectivity index (χ0n) is 10.2. The molecule has 0 bridgehead atoms. The minimum Gasteiger partial charge on any atom is -0.478 e. The Balaban J connectivity index is 2.24. The highest BCUT2D eigenvalue weighted by atomic mass is 16.4. The Morgan fingerprint density at radius 2 is 2.11 bits per heavy atom. The van der Waals surface area contributed by atoms with E-state index in [9.17, 15) is 9.59 Å². The van der Waals surface area contributed by atoms with Crippen LogP contribution < -0.4 is 5.73 Å². The van der Waals surface area contributed by atoms with Crippen molar-refractivity contribution in [2.75, 3.05) is 6.54 Å². The van der Waals surface area contributed by atoms with Gasteiger partial charge in [0, 0.05) is 13.1 Å². The largest absolute Gasteiger partial charge is 0.478 e. The van der Waals surface area contributed by atoms with Gasteiger partial charge in [-0.25, -0.2) is 4.79 Å². The average molecular weight is 248 g/mol. The van der Waals surface area contributed by atoms with E-state index >= 15 is 0 Å². The number of hydrogen-bond donors (Lipinski definition) is 2. The Hall–Kier alpha value is -1.88. The number of carbonyl (C=O) groups excluding carboxylic acids is 1. The van der Waals surface area contributed by atoms with Crippen LogP contribution in [0.25, 0.3) is 0 Å². The summed E-state index contributed by atoms with van der Waals surface area (Å²) in [6, 6.07) is 4.55. The third-order valence-corrected chi connectivity index (χ3v) is 3.17. The first-order chi connectivity index (χ1) is 8.49. The van der Waals surface area contributed by atoms with Gasteiger partial charge in [0.1, 0.15) is 0 Å². The fourth-order valence-corrected chi connectivity index (χ4v) is 2.17. The topological polar surface area (TPSA) is 83.6 Å². The van der Waals surface area contributed by atoms with Gasteiger partial charge in [0.2, 0.25) is 5.91 Å². The van der Waals surface area contributed by atoms with Crippen molar-refractivity contribution >= 4 is 11.9 Å². The third kappa shape index (κ3) is 2.36. The van der Waals surface area contributed by atoms with Gasteiger partial charge in [-0.3, -0.25) is 4.79 Å². The predicted octanol–water partition coefficient (Wildman–Crippen LogP) is 0.617. The smallest absolute Gasteiger partial charge is 0.335 e. The zero-order valence-corrected chi connectivity index (χ0v) is 10.2. The number of carboxylic acid groups (broad SMARTS) is 1. The summed E-state index contributed by atoms with van der Waals surface area (Å²) in [6.07, 6.45) is 0.744. The first-order valence-electron chi connectivity index (χ1n) is 5.88. The van der Waals surface area contributed by atoms with Gasteiger partial charge >= 0.3 is 5.97 Å². The monoisotopic (exact) mass is 248 g/mol. The van der Waals surface area contributed by atoms with Crippen LogP contribution >= 0.6 is 0 Å². The van der Waals surface area contributed by atoms with E-state index in [1.54, 1.807) is 24.0 Å². The minimum absolute atomic E-state index is 0.0959. The van der Waals surface area contributed by atoms with Crippen molar-refractivity contribution in [1.29, 1.82) is 0 Å². The molecule has 1 aromatic carbocycles. The number of fused-ring (bicyclic) bond motifs is 1. The molecule has 1 aliphatic rings. The molecule has 18 heavy (non-hydrogen) atoms. The minimum atomic E-state index is -0.951. The van der Waals surface area contributed by atoms with Gasteiger partial charge in [0.05, 0.1) is 11.6 Å². The van der Waals surface area contributed by atoms with E-state index in [1.165, 1.54) is 0 Å². The van der Waals surface area contributed by atoms with Crippen LogP contribution in [0, 0.1) is 0 Å². The van der Waals surface area contributed by atoms with Crippen LogP contribution in [-0.4, -0.2) is 34.5 Å². The lowest BCUT2D eigenvalue weighted by molar-refractivity contribution is -0.133. The number of aromatic carboxylic acids is 1. The third-order valence-electron chi connectivity index (χ3n) is 3.17. The first kappa shape index (κ1) is 12.6. The van der Waals surface area contributed by atoms with Crippen LogP contribution in [-0.2, 0) is 17.8 Å². The maximum Gasteiger partial charge on any atom is 0.335 e. The Morgan fingerprint density at radius 3 is 2.72 bits per heavy atom. The van der Waals surface area contributed by atoms with E-state index in [-0.39, 0.29) is 11.5 Å². The molecule has 1 aromatic rings. The highest BCUT2D eigenvalue weighted by molar-refractivity contribution is 5.88. The molecule has 5 nitrogen and oxygen atoms in total. The molecular weight excluding hydrogens is 232 g/mol. The molecule has 0 radical (unpaired) electrons. The molecule has 0 aromatic heterocycles. The van der Waals surface area contributed by atoms with Crippen molar-refractivity contribution in [3.05, 3.63) is 34.9 Å². The number of nitrogens with zero attached hydrogens (tertiary/aromatic N) is 1. The molecule has 0 spiro atoms. The van der Waals surface area contributed by atoms with Crippen molar-refractivity contribution in [2.24, 2.45) is 5.73 Å². The number of amides is 1.